The molecule has 0 bridgehead atoms. The summed E-state index contributed by atoms with van der Waals surface area (Å²) in [7, 11) is 0. The van der Waals surface area contributed by atoms with Crippen molar-refractivity contribution >= 4 is 11.8 Å². The molecule has 0 unspecified atom stereocenters. The number of thioether (sulfide) groups is 1. The van der Waals surface area contributed by atoms with E-state index in [1.807, 2.05) is 0 Å². The van der Waals surface area contributed by atoms with Gasteiger partial charge in [-0.05, 0) is 53.9 Å². The van der Waals surface area contributed by atoms with Crippen LogP contribution in [0, 0.1) is 0 Å². The summed E-state index contributed by atoms with van der Waals surface area (Å²) in [6.07, 6.45) is 1.91. The summed E-state index contributed by atoms with van der Waals surface area (Å²) in [5, 5.41) is 30.6. The maximum atomic E-state index is 10.8. The van der Waals surface area contributed by atoms with Crippen molar-refractivity contribution in [2.24, 2.45) is 0 Å². The van der Waals surface area contributed by atoms with E-state index in [0.29, 0.717) is 13.0 Å². The Kier molecular flexibility index (Phi) is 4.76. The number of rotatable bonds is 4. The fraction of sp³-hybridized carbons (Fsp3) is 0.478. The highest BCUT2D eigenvalue weighted by Crippen LogP contribution is 2.54. The number of benzene rings is 2. The van der Waals surface area contributed by atoms with Gasteiger partial charge in [0.25, 0.3) is 0 Å². The molecule has 2 aromatic rings. The Morgan fingerprint density at radius 2 is 1.79 bits per heavy atom. The first-order chi connectivity index (χ1) is 13.6. The molecule has 2 heterocycles. The second kappa shape index (κ2) is 7.15. The molecule has 28 heavy (non-hydrogen) atoms. The fourth-order valence-corrected chi connectivity index (χ4v) is 6.08. The number of aliphatic hydroxyl groups is 3. The molecule has 1 aliphatic carbocycles. The Morgan fingerprint density at radius 1 is 1.04 bits per heavy atom. The van der Waals surface area contributed by atoms with E-state index in [4.69, 9.17) is 4.74 Å². The summed E-state index contributed by atoms with van der Waals surface area (Å²) in [5.41, 5.74) is 5.86. The van der Waals surface area contributed by atoms with Crippen LogP contribution in [0.1, 0.15) is 53.0 Å². The molecule has 3 aliphatic rings. The van der Waals surface area contributed by atoms with E-state index in [1.54, 1.807) is 0 Å². The maximum absolute atomic E-state index is 10.8. The SMILES string of the molecule is OC[C@@H]1C[C@H](O)[C@@H](O)[C@@]2(OCc3ccc(Cc4ccc(C5CC5)cc4)cc32)S1. The molecule has 0 radical (unpaired) electrons. The predicted octanol–water partition coefficient (Wildman–Crippen LogP) is 3.06. The van der Waals surface area contributed by atoms with Gasteiger partial charge < -0.3 is 20.1 Å². The normalized spacial score (nSPS) is 31.9. The molecule has 3 N–H and O–H groups in total. The van der Waals surface area contributed by atoms with Crippen LogP contribution in [0.15, 0.2) is 42.5 Å². The van der Waals surface area contributed by atoms with E-state index < -0.39 is 17.1 Å². The van der Waals surface area contributed by atoms with Gasteiger partial charge in [0.15, 0.2) is 4.93 Å². The van der Waals surface area contributed by atoms with Gasteiger partial charge in [-0.15, -0.1) is 11.8 Å². The summed E-state index contributed by atoms with van der Waals surface area (Å²) in [5.74, 6) is 0.766. The third-order valence-electron chi connectivity index (χ3n) is 6.23. The van der Waals surface area contributed by atoms with Crippen LogP contribution in [-0.4, -0.2) is 39.4 Å². The molecule has 0 aromatic heterocycles. The van der Waals surface area contributed by atoms with E-state index in [9.17, 15) is 15.3 Å². The quantitative estimate of drug-likeness (QED) is 0.739. The number of hydrogen-bond acceptors (Lipinski definition) is 5. The monoisotopic (exact) mass is 398 g/mol. The van der Waals surface area contributed by atoms with Crippen LogP contribution >= 0.6 is 11.8 Å². The van der Waals surface area contributed by atoms with Crippen molar-refractivity contribution in [3.63, 3.8) is 0 Å². The second-order valence-electron chi connectivity index (χ2n) is 8.31. The van der Waals surface area contributed by atoms with Crippen LogP contribution in [0.5, 0.6) is 0 Å². The Bertz CT molecular complexity index is 863. The molecule has 5 heteroatoms. The molecule has 1 saturated carbocycles. The molecule has 2 fully saturated rings. The summed E-state index contributed by atoms with van der Waals surface area (Å²) < 4.78 is 6.06. The van der Waals surface area contributed by atoms with Gasteiger partial charge in [0, 0.05) is 10.8 Å². The minimum Gasteiger partial charge on any atom is -0.395 e. The van der Waals surface area contributed by atoms with Crippen LogP contribution in [0.2, 0.25) is 0 Å². The van der Waals surface area contributed by atoms with E-state index in [2.05, 4.69) is 42.5 Å². The largest absolute Gasteiger partial charge is 0.395 e. The Morgan fingerprint density at radius 3 is 2.50 bits per heavy atom. The zero-order chi connectivity index (χ0) is 19.3. The first-order valence-corrected chi connectivity index (χ1v) is 11.0. The number of fused-ring (bicyclic) bond motifs is 2. The molecule has 2 aromatic carbocycles. The smallest absolute Gasteiger partial charge is 0.168 e. The summed E-state index contributed by atoms with van der Waals surface area (Å²) in [6.45, 7) is 0.378. The highest BCUT2D eigenvalue weighted by Gasteiger charge is 2.54. The molecule has 5 rings (SSSR count). The molecule has 1 spiro atoms. The summed E-state index contributed by atoms with van der Waals surface area (Å²) in [6, 6.07) is 15.2. The van der Waals surface area contributed by atoms with Crippen LogP contribution in [0.3, 0.4) is 0 Å². The standard InChI is InChI=1S/C23H26O4S/c24-12-19-11-21(25)22(26)23(28-19)20-10-15(3-6-18(20)13-27-23)9-14-1-4-16(5-2-14)17-7-8-17/h1-6,10,17,19,21-22,24-26H,7-9,11-13H2/t19-,21-,22+,23-/m0/s1. The van der Waals surface area contributed by atoms with E-state index >= 15 is 0 Å². The number of aliphatic hydroxyl groups excluding tert-OH is 3. The van der Waals surface area contributed by atoms with Crippen LogP contribution in [-0.2, 0) is 22.7 Å². The molecular weight excluding hydrogens is 372 g/mol. The van der Waals surface area contributed by atoms with Crippen molar-refractivity contribution < 1.29 is 20.1 Å². The Labute approximate surface area is 169 Å². The van der Waals surface area contributed by atoms with Crippen molar-refractivity contribution in [2.45, 2.75) is 60.6 Å². The number of ether oxygens (including phenoxy) is 1. The molecule has 148 valence electrons. The zero-order valence-corrected chi connectivity index (χ0v) is 16.6. The van der Waals surface area contributed by atoms with Gasteiger partial charge in [-0.25, -0.2) is 0 Å². The van der Waals surface area contributed by atoms with Gasteiger partial charge in [-0.3, -0.25) is 0 Å². The molecule has 2 aliphatic heterocycles. The Hall–Kier alpha value is -1.37. The lowest BCUT2D eigenvalue weighted by Crippen LogP contribution is -2.51. The molecule has 0 amide bonds. The average Bonchev–Trinajstić information content (AvgIpc) is 3.50. The summed E-state index contributed by atoms with van der Waals surface area (Å²) >= 11 is 1.44. The third-order valence-corrected chi connectivity index (χ3v) is 7.84. The third kappa shape index (κ3) is 3.19. The van der Waals surface area contributed by atoms with Gasteiger partial charge in [-0.2, -0.15) is 0 Å². The van der Waals surface area contributed by atoms with Gasteiger partial charge >= 0.3 is 0 Å². The minimum atomic E-state index is -1.00. The second-order valence-corrected chi connectivity index (χ2v) is 9.82. The van der Waals surface area contributed by atoms with Crippen molar-refractivity contribution in [3.05, 3.63) is 70.3 Å². The van der Waals surface area contributed by atoms with Crippen molar-refractivity contribution in [1.29, 1.82) is 0 Å². The van der Waals surface area contributed by atoms with Gasteiger partial charge in [0.2, 0.25) is 0 Å². The lowest BCUT2D eigenvalue weighted by Gasteiger charge is -2.43. The first-order valence-electron chi connectivity index (χ1n) is 10.1. The van der Waals surface area contributed by atoms with E-state index in [0.717, 1.165) is 29.0 Å². The van der Waals surface area contributed by atoms with Gasteiger partial charge in [0.05, 0.1) is 19.3 Å². The van der Waals surface area contributed by atoms with Crippen LogP contribution in [0.25, 0.3) is 0 Å². The first kappa shape index (κ1) is 18.6. The maximum Gasteiger partial charge on any atom is 0.168 e. The molecular formula is C23H26O4S. The van der Waals surface area contributed by atoms with Crippen molar-refractivity contribution in [1.82, 2.24) is 0 Å². The molecule has 4 atom stereocenters. The van der Waals surface area contributed by atoms with E-state index in [-0.39, 0.29) is 11.9 Å². The zero-order valence-electron chi connectivity index (χ0n) is 15.8. The minimum absolute atomic E-state index is 0.0398. The fourth-order valence-electron chi connectivity index (χ4n) is 4.48. The highest BCUT2D eigenvalue weighted by molar-refractivity contribution is 8.00. The topological polar surface area (TPSA) is 69.9 Å². The van der Waals surface area contributed by atoms with Gasteiger partial charge in [-0.1, -0.05) is 42.5 Å². The summed E-state index contributed by atoms with van der Waals surface area (Å²) in [4.78, 5) is -0.994. The predicted molar refractivity (Wildman–Crippen MR) is 109 cm³/mol. The lowest BCUT2D eigenvalue weighted by molar-refractivity contribution is -0.115. The number of hydrogen-bond donors (Lipinski definition) is 3. The van der Waals surface area contributed by atoms with E-state index in [1.165, 1.54) is 35.7 Å². The molecule has 4 nitrogen and oxygen atoms in total. The highest BCUT2D eigenvalue weighted by atomic mass is 32.2. The lowest BCUT2D eigenvalue weighted by atomic mass is 9.92. The van der Waals surface area contributed by atoms with Crippen LogP contribution in [0.4, 0.5) is 0 Å². The molecule has 1 saturated heterocycles. The Balaban J connectivity index is 1.43. The van der Waals surface area contributed by atoms with Crippen molar-refractivity contribution in [3.8, 4) is 0 Å². The van der Waals surface area contributed by atoms with Crippen molar-refractivity contribution in [2.75, 3.05) is 6.61 Å². The average molecular weight is 399 g/mol. The van der Waals surface area contributed by atoms with Gasteiger partial charge in [0.1, 0.15) is 6.10 Å². The van der Waals surface area contributed by atoms with Crippen LogP contribution < -0.4 is 0 Å².